The summed E-state index contributed by atoms with van der Waals surface area (Å²) in [5.74, 6) is -0.960. The van der Waals surface area contributed by atoms with Crippen LogP contribution in [0.5, 0.6) is 0 Å². The smallest absolute Gasteiger partial charge is 0.261 e. The van der Waals surface area contributed by atoms with E-state index in [0.29, 0.717) is 17.8 Å². The lowest BCUT2D eigenvalue weighted by atomic mass is 10.2. The Labute approximate surface area is 172 Å². The van der Waals surface area contributed by atoms with Gasteiger partial charge in [0, 0.05) is 25.2 Å². The molecule has 0 bridgehead atoms. The molecule has 3 N–H and O–H groups in total. The fourth-order valence-corrected chi connectivity index (χ4v) is 3.51. The van der Waals surface area contributed by atoms with Crippen LogP contribution in [0.2, 0.25) is 0 Å². The van der Waals surface area contributed by atoms with Crippen molar-refractivity contribution in [3.8, 4) is 0 Å². The molecule has 9 heteroatoms. The maximum absolute atomic E-state index is 11.9. The number of thiophene rings is 1. The molecule has 4 amide bonds. The van der Waals surface area contributed by atoms with E-state index in [4.69, 9.17) is 0 Å². The van der Waals surface area contributed by atoms with Gasteiger partial charge in [0.2, 0.25) is 17.7 Å². The molecule has 1 aliphatic heterocycles. The van der Waals surface area contributed by atoms with Crippen molar-refractivity contribution in [3.63, 3.8) is 0 Å². The van der Waals surface area contributed by atoms with Gasteiger partial charge in [0.15, 0.2) is 0 Å². The number of rotatable bonds is 8. The van der Waals surface area contributed by atoms with Crippen molar-refractivity contribution in [1.82, 2.24) is 16.0 Å². The van der Waals surface area contributed by atoms with Gasteiger partial charge in [-0.1, -0.05) is 18.2 Å². The Morgan fingerprint density at radius 3 is 2.34 bits per heavy atom. The average molecular weight is 414 g/mol. The first-order chi connectivity index (χ1) is 14.0. The van der Waals surface area contributed by atoms with E-state index in [1.165, 1.54) is 11.3 Å². The zero-order valence-electron chi connectivity index (χ0n) is 15.8. The summed E-state index contributed by atoms with van der Waals surface area (Å²) in [6.07, 6.45) is 1.46. The van der Waals surface area contributed by atoms with Crippen LogP contribution in [0.25, 0.3) is 0 Å². The largest absolute Gasteiger partial charge is 0.350 e. The zero-order valence-corrected chi connectivity index (χ0v) is 16.6. The average Bonchev–Trinajstić information content (AvgIpc) is 3.41. The van der Waals surface area contributed by atoms with Crippen molar-refractivity contribution < 1.29 is 19.2 Å². The molecule has 0 atom stereocenters. The van der Waals surface area contributed by atoms with Crippen LogP contribution in [0, 0.1) is 0 Å². The Morgan fingerprint density at radius 1 is 0.966 bits per heavy atom. The van der Waals surface area contributed by atoms with Crippen LogP contribution in [0.1, 0.15) is 28.1 Å². The van der Waals surface area contributed by atoms with Gasteiger partial charge in [0.1, 0.15) is 0 Å². The highest BCUT2D eigenvalue weighted by molar-refractivity contribution is 7.12. The van der Waals surface area contributed by atoms with E-state index in [2.05, 4.69) is 16.0 Å². The maximum atomic E-state index is 11.9. The van der Waals surface area contributed by atoms with Crippen molar-refractivity contribution in [2.24, 2.45) is 0 Å². The fourth-order valence-electron chi connectivity index (χ4n) is 2.87. The number of anilines is 1. The van der Waals surface area contributed by atoms with Crippen LogP contribution < -0.4 is 20.9 Å². The molecule has 2 heterocycles. The quantitative estimate of drug-likeness (QED) is 0.600. The first kappa shape index (κ1) is 20.5. The normalized spacial score (nSPS) is 13.2. The molecule has 0 saturated carbocycles. The molecule has 0 aliphatic carbocycles. The Kier molecular flexibility index (Phi) is 6.96. The lowest BCUT2D eigenvalue weighted by molar-refractivity contribution is -0.125. The SMILES string of the molecule is O=C(CNC(=O)CNC(=O)c1cccs1)NCc1ccc(N2CCCC2=O)cc1. The number of hydrogen-bond acceptors (Lipinski definition) is 5. The molecule has 1 saturated heterocycles. The highest BCUT2D eigenvalue weighted by Crippen LogP contribution is 2.21. The van der Waals surface area contributed by atoms with E-state index < -0.39 is 5.91 Å². The Hall–Kier alpha value is -3.20. The molecule has 1 aliphatic rings. The number of benzene rings is 1. The lowest BCUT2D eigenvalue weighted by Crippen LogP contribution is -2.41. The molecule has 29 heavy (non-hydrogen) atoms. The van der Waals surface area contributed by atoms with Crippen LogP contribution in [0.15, 0.2) is 41.8 Å². The summed E-state index contributed by atoms with van der Waals surface area (Å²) in [7, 11) is 0. The van der Waals surface area contributed by atoms with Crippen molar-refractivity contribution in [2.75, 3.05) is 24.5 Å². The first-order valence-electron chi connectivity index (χ1n) is 9.27. The van der Waals surface area contributed by atoms with Gasteiger partial charge in [0.25, 0.3) is 5.91 Å². The molecular weight excluding hydrogens is 392 g/mol. The standard InChI is InChI=1S/C20H22N4O4S/c25-17(12-22-18(26)13-23-20(28)16-3-2-10-29-16)21-11-14-5-7-15(8-6-14)24-9-1-4-19(24)27/h2-3,5-8,10H,1,4,9,11-13H2,(H,21,25)(H,22,26)(H,23,28). The second kappa shape index (κ2) is 9.83. The number of nitrogens with zero attached hydrogens (tertiary/aromatic N) is 1. The molecule has 1 aromatic heterocycles. The second-order valence-electron chi connectivity index (χ2n) is 6.53. The Balaban J connectivity index is 1.34. The van der Waals surface area contributed by atoms with Crippen molar-refractivity contribution >= 4 is 40.7 Å². The van der Waals surface area contributed by atoms with E-state index in [1.54, 1.807) is 22.4 Å². The van der Waals surface area contributed by atoms with Crippen molar-refractivity contribution in [1.29, 1.82) is 0 Å². The highest BCUT2D eigenvalue weighted by Gasteiger charge is 2.21. The summed E-state index contributed by atoms with van der Waals surface area (Å²) in [5.41, 5.74) is 1.75. The molecule has 0 radical (unpaired) electrons. The van der Waals surface area contributed by atoms with Gasteiger partial charge in [-0.05, 0) is 35.6 Å². The first-order valence-corrected chi connectivity index (χ1v) is 10.2. The zero-order chi connectivity index (χ0) is 20.6. The predicted octanol–water partition coefficient (Wildman–Crippen LogP) is 1.04. The number of hydrogen-bond donors (Lipinski definition) is 3. The van der Waals surface area contributed by atoms with Gasteiger partial charge in [-0.25, -0.2) is 0 Å². The summed E-state index contributed by atoms with van der Waals surface area (Å²) in [4.78, 5) is 49.4. The van der Waals surface area contributed by atoms with Crippen LogP contribution in [-0.2, 0) is 20.9 Å². The molecule has 8 nitrogen and oxygen atoms in total. The fraction of sp³-hybridized carbons (Fsp3) is 0.300. The lowest BCUT2D eigenvalue weighted by Gasteiger charge is -2.16. The minimum Gasteiger partial charge on any atom is -0.350 e. The maximum Gasteiger partial charge on any atom is 0.261 e. The highest BCUT2D eigenvalue weighted by atomic mass is 32.1. The Morgan fingerprint density at radius 2 is 1.69 bits per heavy atom. The summed E-state index contributed by atoms with van der Waals surface area (Å²) in [5, 5.41) is 9.46. The molecule has 1 aromatic carbocycles. The van der Waals surface area contributed by atoms with Gasteiger partial charge in [-0.15, -0.1) is 11.3 Å². The monoisotopic (exact) mass is 414 g/mol. The van der Waals surface area contributed by atoms with Gasteiger partial charge in [-0.3, -0.25) is 19.2 Å². The third-order valence-corrected chi connectivity index (χ3v) is 5.28. The van der Waals surface area contributed by atoms with E-state index in [1.807, 2.05) is 24.3 Å². The van der Waals surface area contributed by atoms with Crippen LogP contribution >= 0.6 is 11.3 Å². The van der Waals surface area contributed by atoms with Crippen LogP contribution in [0.4, 0.5) is 5.69 Å². The molecule has 1 fully saturated rings. The van der Waals surface area contributed by atoms with Crippen LogP contribution in [0.3, 0.4) is 0 Å². The topological polar surface area (TPSA) is 108 Å². The molecular formula is C20H22N4O4S. The van der Waals surface area contributed by atoms with Crippen LogP contribution in [-0.4, -0.2) is 43.3 Å². The van der Waals surface area contributed by atoms with Crippen molar-refractivity contribution in [3.05, 3.63) is 52.2 Å². The van der Waals surface area contributed by atoms with E-state index in [0.717, 1.165) is 24.2 Å². The van der Waals surface area contributed by atoms with E-state index >= 15 is 0 Å². The van der Waals surface area contributed by atoms with Gasteiger partial charge in [0.05, 0.1) is 18.0 Å². The molecule has 0 spiro atoms. The van der Waals surface area contributed by atoms with E-state index in [9.17, 15) is 19.2 Å². The summed E-state index contributed by atoms with van der Waals surface area (Å²) >= 11 is 1.29. The van der Waals surface area contributed by atoms with Gasteiger partial charge >= 0.3 is 0 Å². The number of nitrogens with one attached hydrogen (secondary N) is 3. The number of carbonyl (C=O) groups is 4. The molecule has 2 aromatic rings. The van der Waals surface area contributed by atoms with Gasteiger partial charge < -0.3 is 20.9 Å². The minimum atomic E-state index is -0.440. The molecule has 152 valence electrons. The summed E-state index contributed by atoms with van der Waals surface area (Å²) < 4.78 is 0. The third-order valence-electron chi connectivity index (χ3n) is 4.41. The molecule has 3 rings (SSSR count). The van der Waals surface area contributed by atoms with Gasteiger partial charge in [-0.2, -0.15) is 0 Å². The minimum absolute atomic E-state index is 0.133. The third kappa shape index (κ3) is 5.89. The molecule has 0 unspecified atom stereocenters. The number of carbonyl (C=O) groups excluding carboxylic acids is 4. The summed E-state index contributed by atoms with van der Waals surface area (Å²) in [6, 6.07) is 10.9. The number of amides is 4. The predicted molar refractivity (Wildman–Crippen MR) is 110 cm³/mol. The second-order valence-corrected chi connectivity index (χ2v) is 7.48. The van der Waals surface area contributed by atoms with Crippen molar-refractivity contribution in [2.45, 2.75) is 19.4 Å². The summed E-state index contributed by atoms with van der Waals surface area (Å²) in [6.45, 7) is 0.690. The Bertz CT molecular complexity index is 880. The van der Waals surface area contributed by atoms with E-state index in [-0.39, 0.29) is 30.8 Å².